The second-order valence-electron chi connectivity index (χ2n) is 8.14. The summed E-state index contributed by atoms with van der Waals surface area (Å²) in [5, 5.41) is 9.39. The van der Waals surface area contributed by atoms with Crippen molar-refractivity contribution in [3.05, 3.63) is 78.0 Å². The van der Waals surface area contributed by atoms with Crippen LogP contribution in [0.4, 0.5) is 4.79 Å². The molecule has 2 heterocycles. The van der Waals surface area contributed by atoms with Crippen LogP contribution in [0.15, 0.2) is 66.7 Å². The summed E-state index contributed by atoms with van der Waals surface area (Å²) in [6.45, 7) is 2.35. The lowest BCUT2D eigenvalue weighted by molar-refractivity contribution is -0.119. The molecule has 1 aliphatic heterocycles. The van der Waals surface area contributed by atoms with E-state index in [-0.39, 0.29) is 32.0 Å². The first-order chi connectivity index (χ1) is 15.9. The van der Waals surface area contributed by atoms with Gasteiger partial charge in [0.05, 0.1) is 17.3 Å². The minimum absolute atomic E-state index is 0.0447. The number of carbonyl (C=O) groups excluding carboxylic acids is 2. The maximum Gasteiger partial charge on any atom is 0.407 e. The van der Waals surface area contributed by atoms with Crippen molar-refractivity contribution in [3.63, 3.8) is 0 Å². The average molecular weight is 447 g/mol. The zero-order valence-electron chi connectivity index (χ0n) is 18.3. The standard InChI is InChI=1S/C25H26N4O4/c1-17-14-21(24(31)28-13-12-27(25(32)33)16-20(28)15-22(26)30)23(18-8-4-2-5-9-18)29(17)19-10-6-3-7-11-19/h2-11,14,20H,12-13,15-16H2,1H3,(H2,26,30)(H,32,33). The van der Waals surface area contributed by atoms with Crippen LogP contribution in [-0.2, 0) is 4.79 Å². The van der Waals surface area contributed by atoms with Crippen molar-refractivity contribution >= 4 is 17.9 Å². The Balaban J connectivity index is 1.80. The minimum atomic E-state index is -1.08. The number of primary amides is 1. The number of benzene rings is 2. The van der Waals surface area contributed by atoms with Gasteiger partial charge in [0.15, 0.2) is 0 Å². The molecule has 2 aromatic carbocycles. The third-order valence-electron chi connectivity index (χ3n) is 5.93. The van der Waals surface area contributed by atoms with Gasteiger partial charge in [-0.25, -0.2) is 4.79 Å². The Hall–Kier alpha value is -4.07. The third-order valence-corrected chi connectivity index (χ3v) is 5.93. The molecule has 33 heavy (non-hydrogen) atoms. The van der Waals surface area contributed by atoms with E-state index in [4.69, 9.17) is 5.73 Å². The first kappa shape index (κ1) is 22.1. The predicted octanol–water partition coefficient (Wildman–Crippen LogP) is 3.13. The lowest BCUT2D eigenvalue weighted by Crippen LogP contribution is -2.57. The maximum atomic E-state index is 13.9. The summed E-state index contributed by atoms with van der Waals surface area (Å²) in [4.78, 5) is 39.8. The van der Waals surface area contributed by atoms with Gasteiger partial charge in [-0.15, -0.1) is 0 Å². The smallest absolute Gasteiger partial charge is 0.407 e. The van der Waals surface area contributed by atoms with Crippen molar-refractivity contribution in [2.75, 3.05) is 19.6 Å². The van der Waals surface area contributed by atoms with Crippen molar-refractivity contribution in [1.29, 1.82) is 0 Å². The van der Waals surface area contributed by atoms with Crippen LogP contribution in [0.3, 0.4) is 0 Å². The van der Waals surface area contributed by atoms with Crippen LogP contribution in [0.25, 0.3) is 16.9 Å². The summed E-state index contributed by atoms with van der Waals surface area (Å²) in [5.41, 5.74) is 9.38. The van der Waals surface area contributed by atoms with E-state index in [1.807, 2.05) is 78.2 Å². The summed E-state index contributed by atoms with van der Waals surface area (Å²) in [6.07, 6.45) is -1.18. The fourth-order valence-corrected chi connectivity index (χ4v) is 4.45. The number of hydrogen-bond acceptors (Lipinski definition) is 3. The number of rotatable bonds is 5. The lowest BCUT2D eigenvalue weighted by atomic mass is 10.0. The van der Waals surface area contributed by atoms with Crippen LogP contribution in [0.5, 0.6) is 0 Å². The number of amides is 3. The van der Waals surface area contributed by atoms with Gasteiger partial charge in [0.2, 0.25) is 5.91 Å². The van der Waals surface area contributed by atoms with Gasteiger partial charge in [0.1, 0.15) is 0 Å². The number of piperazine rings is 1. The molecule has 1 saturated heterocycles. The van der Waals surface area contributed by atoms with E-state index >= 15 is 0 Å². The molecule has 0 spiro atoms. The summed E-state index contributed by atoms with van der Waals surface area (Å²) < 4.78 is 2.04. The molecule has 3 N–H and O–H groups in total. The molecule has 1 aliphatic rings. The zero-order chi connectivity index (χ0) is 23.5. The van der Waals surface area contributed by atoms with Gasteiger partial charge < -0.3 is 25.2 Å². The normalized spacial score (nSPS) is 16.0. The van der Waals surface area contributed by atoms with Crippen molar-refractivity contribution in [2.24, 2.45) is 5.73 Å². The second-order valence-corrected chi connectivity index (χ2v) is 8.14. The number of para-hydroxylation sites is 1. The predicted molar refractivity (Wildman–Crippen MR) is 124 cm³/mol. The van der Waals surface area contributed by atoms with Gasteiger partial charge in [0, 0.05) is 37.4 Å². The maximum absolute atomic E-state index is 13.9. The molecule has 3 aromatic rings. The van der Waals surface area contributed by atoms with Gasteiger partial charge in [-0.3, -0.25) is 9.59 Å². The Morgan fingerprint density at radius 2 is 1.64 bits per heavy atom. The van der Waals surface area contributed by atoms with E-state index in [2.05, 4.69) is 0 Å². The molecule has 0 saturated carbocycles. The molecular formula is C25H26N4O4. The first-order valence-corrected chi connectivity index (χ1v) is 10.8. The summed E-state index contributed by atoms with van der Waals surface area (Å²) in [6, 6.07) is 20.7. The number of carbonyl (C=O) groups is 3. The van der Waals surface area contributed by atoms with E-state index < -0.39 is 18.0 Å². The number of carboxylic acid groups (broad SMARTS) is 1. The van der Waals surface area contributed by atoms with Crippen molar-refractivity contribution < 1.29 is 19.5 Å². The molecule has 1 unspecified atom stereocenters. The van der Waals surface area contributed by atoms with E-state index in [9.17, 15) is 19.5 Å². The highest BCUT2D eigenvalue weighted by Crippen LogP contribution is 2.32. The Kier molecular flexibility index (Phi) is 6.17. The van der Waals surface area contributed by atoms with Crippen molar-refractivity contribution in [2.45, 2.75) is 19.4 Å². The number of aromatic nitrogens is 1. The molecule has 3 amide bonds. The number of aryl methyl sites for hydroxylation is 1. The molecule has 1 aromatic heterocycles. The van der Waals surface area contributed by atoms with Gasteiger partial charge >= 0.3 is 6.09 Å². The Bertz CT molecular complexity index is 1170. The number of hydrogen-bond donors (Lipinski definition) is 2. The van der Waals surface area contributed by atoms with Crippen LogP contribution < -0.4 is 5.73 Å². The number of nitrogens with zero attached hydrogens (tertiary/aromatic N) is 3. The summed E-state index contributed by atoms with van der Waals surface area (Å²) >= 11 is 0. The van der Waals surface area contributed by atoms with Gasteiger partial charge in [-0.05, 0) is 30.7 Å². The SMILES string of the molecule is Cc1cc(C(=O)N2CCN(C(=O)O)CC2CC(N)=O)c(-c2ccccc2)n1-c1ccccc1. The van der Waals surface area contributed by atoms with E-state index in [1.165, 1.54) is 4.90 Å². The quantitative estimate of drug-likeness (QED) is 0.628. The Morgan fingerprint density at radius 3 is 2.24 bits per heavy atom. The molecule has 170 valence electrons. The molecule has 0 radical (unpaired) electrons. The van der Waals surface area contributed by atoms with Gasteiger partial charge in [-0.2, -0.15) is 0 Å². The Labute approximate surface area is 191 Å². The fourth-order valence-electron chi connectivity index (χ4n) is 4.45. The monoisotopic (exact) mass is 446 g/mol. The van der Waals surface area contributed by atoms with E-state index in [0.717, 1.165) is 22.6 Å². The highest BCUT2D eigenvalue weighted by Gasteiger charge is 2.35. The molecule has 1 fully saturated rings. The van der Waals surface area contributed by atoms with Gasteiger partial charge in [-0.1, -0.05) is 48.5 Å². The molecule has 0 bridgehead atoms. The molecule has 4 rings (SSSR count). The van der Waals surface area contributed by atoms with Crippen LogP contribution in [0, 0.1) is 6.92 Å². The minimum Gasteiger partial charge on any atom is -0.465 e. The van der Waals surface area contributed by atoms with E-state index in [0.29, 0.717) is 5.56 Å². The Morgan fingerprint density at radius 1 is 1.00 bits per heavy atom. The first-order valence-electron chi connectivity index (χ1n) is 10.8. The van der Waals surface area contributed by atoms with Crippen LogP contribution in [0.1, 0.15) is 22.5 Å². The fraction of sp³-hybridized carbons (Fsp3) is 0.240. The van der Waals surface area contributed by atoms with Crippen LogP contribution in [0.2, 0.25) is 0 Å². The second kappa shape index (κ2) is 9.20. The molecule has 0 aliphatic carbocycles. The molecule has 8 heteroatoms. The molecule has 8 nitrogen and oxygen atoms in total. The largest absolute Gasteiger partial charge is 0.465 e. The zero-order valence-corrected chi connectivity index (χ0v) is 18.3. The van der Waals surface area contributed by atoms with E-state index in [1.54, 1.807) is 4.90 Å². The van der Waals surface area contributed by atoms with Gasteiger partial charge in [0.25, 0.3) is 5.91 Å². The molecule has 1 atom stereocenters. The lowest BCUT2D eigenvalue weighted by Gasteiger charge is -2.40. The highest BCUT2D eigenvalue weighted by molar-refractivity contribution is 6.01. The van der Waals surface area contributed by atoms with Crippen molar-refractivity contribution in [3.8, 4) is 16.9 Å². The molecular weight excluding hydrogens is 420 g/mol. The van der Waals surface area contributed by atoms with Crippen LogP contribution in [-0.4, -0.2) is 63.1 Å². The average Bonchev–Trinajstić information content (AvgIpc) is 3.16. The van der Waals surface area contributed by atoms with Crippen molar-refractivity contribution in [1.82, 2.24) is 14.4 Å². The van der Waals surface area contributed by atoms with Crippen LogP contribution >= 0.6 is 0 Å². The summed E-state index contributed by atoms with van der Waals surface area (Å²) in [5.74, 6) is -0.825. The third kappa shape index (κ3) is 4.45. The highest BCUT2D eigenvalue weighted by atomic mass is 16.4. The summed E-state index contributed by atoms with van der Waals surface area (Å²) in [7, 11) is 0. The number of nitrogens with two attached hydrogens (primary N) is 1. The topological polar surface area (TPSA) is 109 Å².